The van der Waals surface area contributed by atoms with Gasteiger partial charge in [-0.15, -0.1) is 0 Å². The summed E-state index contributed by atoms with van der Waals surface area (Å²) in [5.41, 5.74) is 0. The molecule has 6 nitrogen and oxygen atoms in total. The Morgan fingerprint density at radius 3 is 2.33 bits per heavy atom. The first kappa shape index (κ1) is 14.3. The molecule has 7 heteroatoms. The maximum atomic E-state index is 11.2. The second-order valence-corrected chi connectivity index (χ2v) is 4.90. The number of carboxylic acid groups (broad SMARTS) is 1. The fraction of sp³-hybridized carbons (Fsp3) is 0.875. The van der Waals surface area contributed by atoms with Crippen LogP contribution in [0.5, 0.6) is 0 Å². The van der Waals surface area contributed by atoms with Crippen molar-refractivity contribution in [1.82, 2.24) is 9.44 Å². The molecule has 0 bridgehead atoms. The molecule has 0 amide bonds. The number of aliphatic carboxylic acids is 1. The SMILES string of the molecule is CCCNS(=O)(=O)NCCC(C)C(=O)O. The number of hydrogen-bond donors (Lipinski definition) is 3. The van der Waals surface area contributed by atoms with Gasteiger partial charge >= 0.3 is 5.97 Å². The van der Waals surface area contributed by atoms with Gasteiger partial charge in [0.15, 0.2) is 0 Å². The van der Waals surface area contributed by atoms with Crippen molar-refractivity contribution in [1.29, 1.82) is 0 Å². The minimum Gasteiger partial charge on any atom is -0.481 e. The van der Waals surface area contributed by atoms with E-state index in [1.165, 1.54) is 6.92 Å². The second kappa shape index (κ2) is 6.76. The molecule has 0 aliphatic rings. The zero-order valence-electron chi connectivity index (χ0n) is 8.99. The second-order valence-electron chi connectivity index (χ2n) is 3.32. The Bertz CT molecular complexity index is 289. The van der Waals surface area contributed by atoms with E-state index >= 15 is 0 Å². The highest BCUT2D eigenvalue weighted by atomic mass is 32.2. The van der Waals surface area contributed by atoms with E-state index in [1.54, 1.807) is 0 Å². The van der Waals surface area contributed by atoms with Gasteiger partial charge < -0.3 is 5.11 Å². The van der Waals surface area contributed by atoms with Gasteiger partial charge in [0.05, 0.1) is 5.92 Å². The first-order chi connectivity index (χ1) is 6.89. The van der Waals surface area contributed by atoms with Crippen LogP contribution in [-0.4, -0.2) is 32.6 Å². The van der Waals surface area contributed by atoms with Crippen LogP contribution in [-0.2, 0) is 15.0 Å². The third kappa shape index (κ3) is 7.29. The highest BCUT2D eigenvalue weighted by Gasteiger charge is 2.12. The van der Waals surface area contributed by atoms with Crippen molar-refractivity contribution in [3.05, 3.63) is 0 Å². The summed E-state index contributed by atoms with van der Waals surface area (Å²) in [5, 5.41) is 8.56. The summed E-state index contributed by atoms with van der Waals surface area (Å²) in [6, 6.07) is 0. The highest BCUT2D eigenvalue weighted by Crippen LogP contribution is 1.99. The molecule has 1 unspecified atom stereocenters. The Morgan fingerprint density at radius 2 is 1.87 bits per heavy atom. The van der Waals surface area contributed by atoms with Gasteiger partial charge in [-0.1, -0.05) is 13.8 Å². The van der Waals surface area contributed by atoms with E-state index in [2.05, 4.69) is 9.44 Å². The Balaban J connectivity index is 3.80. The van der Waals surface area contributed by atoms with E-state index in [0.717, 1.165) is 0 Å². The van der Waals surface area contributed by atoms with Crippen LogP contribution in [0.4, 0.5) is 0 Å². The molecule has 0 saturated heterocycles. The van der Waals surface area contributed by atoms with E-state index in [9.17, 15) is 13.2 Å². The summed E-state index contributed by atoms with van der Waals surface area (Å²) < 4.78 is 26.9. The van der Waals surface area contributed by atoms with Crippen LogP contribution in [0.25, 0.3) is 0 Å². The Hall–Kier alpha value is -0.660. The van der Waals surface area contributed by atoms with Gasteiger partial charge in [0.2, 0.25) is 0 Å². The number of carbonyl (C=O) groups is 1. The van der Waals surface area contributed by atoms with Gasteiger partial charge in [-0.25, -0.2) is 9.44 Å². The van der Waals surface area contributed by atoms with Crippen LogP contribution in [0, 0.1) is 5.92 Å². The number of carboxylic acids is 1. The molecule has 0 saturated carbocycles. The molecule has 0 spiro atoms. The molecule has 90 valence electrons. The minimum atomic E-state index is -3.46. The van der Waals surface area contributed by atoms with Crippen LogP contribution < -0.4 is 9.44 Å². The van der Waals surface area contributed by atoms with E-state index in [0.29, 0.717) is 13.0 Å². The van der Waals surface area contributed by atoms with Crippen molar-refractivity contribution in [2.45, 2.75) is 26.7 Å². The quantitative estimate of drug-likeness (QED) is 0.551. The first-order valence-corrected chi connectivity index (χ1v) is 6.34. The van der Waals surface area contributed by atoms with Crippen molar-refractivity contribution in [2.75, 3.05) is 13.1 Å². The average Bonchev–Trinajstić information content (AvgIpc) is 2.14. The highest BCUT2D eigenvalue weighted by molar-refractivity contribution is 7.87. The lowest BCUT2D eigenvalue weighted by molar-refractivity contribution is -0.141. The molecule has 0 heterocycles. The maximum absolute atomic E-state index is 11.2. The molecule has 0 fully saturated rings. The van der Waals surface area contributed by atoms with Crippen molar-refractivity contribution < 1.29 is 18.3 Å². The molecule has 0 aromatic heterocycles. The fourth-order valence-corrected chi connectivity index (χ4v) is 1.78. The van der Waals surface area contributed by atoms with Crippen LogP contribution in [0.1, 0.15) is 26.7 Å². The standard InChI is InChI=1S/C8H18N2O4S/c1-3-5-9-15(13,14)10-6-4-7(2)8(11)12/h7,9-10H,3-6H2,1-2H3,(H,11,12). The summed E-state index contributed by atoms with van der Waals surface area (Å²) in [7, 11) is -3.46. The van der Waals surface area contributed by atoms with Gasteiger partial charge in [0, 0.05) is 13.1 Å². The van der Waals surface area contributed by atoms with E-state index in [4.69, 9.17) is 5.11 Å². The minimum absolute atomic E-state index is 0.131. The predicted molar refractivity (Wildman–Crippen MR) is 56.6 cm³/mol. The molecule has 0 aromatic rings. The molecule has 1 atom stereocenters. The molecule has 0 aliphatic carbocycles. The summed E-state index contributed by atoms with van der Waals surface area (Å²) in [6.45, 7) is 3.90. The fourth-order valence-electron chi connectivity index (χ4n) is 0.821. The largest absolute Gasteiger partial charge is 0.481 e. The molecule has 0 aliphatic heterocycles. The summed E-state index contributed by atoms with van der Waals surface area (Å²) >= 11 is 0. The lowest BCUT2D eigenvalue weighted by Crippen LogP contribution is -2.38. The molecule has 3 N–H and O–H groups in total. The zero-order chi connectivity index (χ0) is 11.9. The lowest BCUT2D eigenvalue weighted by Gasteiger charge is -2.08. The summed E-state index contributed by atoms with van der Waals surface area (Å²) in [5.74, 6) is -1.46. The molecule has 0 aromatic carbocycles. The summed E-state index contributed by atoms with van der Waals surface area (Å²) in [6.07, 6.45) is 0.995. The van der Waals surface area contributed by atoms with E-state index in [1.807, 2.05) is 6.92 Å². The van der Waals surface area contributed by atoms with Crippen LogP contribution in [0.15, 0.2) is 0 Å². The molecular formula is C8H18N2O4S. The van der Waals surface area contributed by atoms with Crippen LogP contribution in [0.3, 0.4) is 0 Å². The predicted octanol–water partition coefficient (Wildman–Crippen LogP) is -0.0688. The zero-order valence-corrected chi connectivity index (χ0v) is 9.80. The molecule has 15 heavy (non-hydrogen) atoms. The van der Waals surface area contributed by atoms with Gasteiger partial charge in [0.25, 0.3) is 10.2 Å². The summed E-state index contributed by atoms with van der Waals surface area (Å²) in [4.78, 5) is 10.4. The number of nitrogens with one attached hydrogen (secondary N) is 2. The van der Waals surface area contributed by atoms with E-state index < -0.39 is 22.1 Å². The maximum Gasteiger partial charge on any atom is 0.306 e. The van der Waals surface area contributed by atoms with Gasteiger partial charge in [-0.3, -0.25) is 4.79 Å². The van der Waals surface area contributed by atoms with Gasteiger partial charge in [-0.2, -0.15) is 8.42 Å². The monoisotopic (exact) mass is 238 g/mol. The van der Waals surface area contributed by atoms with Gasteiger partial charge in [0.1, 0.15) is 0 Å². The molecule has 0 radical (unpaired) electrons. The van der Waals surface area contributed by atoms with Gasteiger partial charge in [-0.05, 0) is 12.8 Å². The topological polar surface area (TPSA) is 95.5 Å². The third-order valence-electron chi connectivity index (χ3n) is 1.83. The third-order valence-corrected chi connectivity index (χ3v) is 3.00. The Kier molecular flexibility index (Phi) is 6.46. The average molecular weight is 238 g/mol. The lowest BCUT2D eigenvalue weighted by atomic mass is 10.1. The smallest absolute Gasteiger partial charge is 0.306 e. The molecular weight excluding hydrogens is 220 g/mol. The first-order valence-electron chi connectivity index (χ1n) is 4.86. The van der Waals surface area contributed by atoms with Crippen molar-refractivity contribution in [2.24, 2.45) is 5.92 Å². The Morgan fingerprint density at radius 1 is 1.33 bits per heavy atom. The molecule has 0 rings (SSSR count). The normalized spacial score (nSPS) is 13.7. The Labute approximate surface area is 90.2 Å². The van der Waals surface area contributed by atoms with Crippen LogP contribution >= 0.6 is 0 Å². The number of hydrogen-bond acceptors (Lipinski definition) is 3. The van der Waals surface area contributed by atoms with Crippen molar-refractivity contribution in [3.8, 4) is 0 Å². The van der Waals surface area contributed by atoms with E-state index in [-0.39, 0.29) is 13.0 Å². The van der Waals surface area contributed by atoms with Crippen molar-refractivity contribution >= 4 is 16.2 Å². The van der Waals surface area contributed by atoms with Crippen molar-refractivity contribution in [3.63, 3.8) is 0 Å². The number of rotatable bonds is 8. The van der Waals surface area contributed by atoms with Crippen LogP contribution in [0.2, 0.25) is 0 Å².